The molecule has 0 bridgehead atoms. The number of carbonyl (C=O) groups is 1. The third-order valence-corrected chi connectivity index (χ3v) is 3.69. The number of hydrogen-bond donors (Lipinski definition) is 1. The lowest BCUT2D eigenvalue weighted by atomic mass is 10.1. The standard InChI is InChI=1S/C18H14ClFN2O2/c19-13-7-5-12(6-8-13)11-21-18(23)10-14-9-17(24-22-14)15-3-1-2-4-16(15)20/h1-9H,10-11H2,(H,21,23). The molecule has 0 atom stereocenters. The van der Waals surface area contributed by atoms with E-state index >= 15 is 0 Å². The van der Waals surface area contributed by atoms with Crippen LogP contribution in [0.2, 0.25) is 5.02 Å². The van der Waals surface area contributed by atoms with Crippen molar-refractivity contribution in [2.24, 2.45) is 0 Å². The molecule has 0 saturated heterocycles. The summed E-state index contributed by atoms with van der Waals surface area (Å²) in [7, 11) is 0. The Kier molecular flexibility index (Phi) is 4.91. The Hall–Kier alpha value is -2.66. The normalized spacial score (nSPS) is 10.6. The average Bonchev–Trinajstić information content (AvgIpc) is 3.03. The molecule has 24 heavy (non-hydrogen) atoms. The van der Waals surface area contributed by atoms with E-state index in [2.05, 4.69) is 10.5 Å². The van der Waals surface area contributed by atoms with Crippen molar-refractivity contribution in [3.63, 3.8) is 0 Å². The van der Waals surface area contributed by atoms with Gasteiger partial charge in [-0.1, -0.05) is 41.0 Å². The summed E-state index contributed by atoms with van der Waals surface area (Å²) >= 11 is 5.81. The second-order valence-corrected chi connectivity index (χ2v) is 5.68. The number of hydrogen-bond acceptors (Lipinski definition) is 3. The molecule has 0 fully saturated rings. The smallest absolute Gasteiger partial charge is 0.226 e. The number of amides is 1. The van der Waals surface area contributed by atoms with Gasteiger partial charge in [-0.3, -0.25) is 4.79 Å². The number of carbonyl (C=O) groups excluding carboxylic acids is 1. The van der Waals surface area contributed by atoms with Crippen molar-refractivity contribution in [3.8, 4) is 11.3 Å². The minimum Gasteiger partial charge on any atom is -0.356 e. The van der Waals surface area contributed by atoms with Crippen molar-refractivity contribution in [3.05, 3.63) is 76.7 Å². The van der Waals surface area contributed by atoms with Gasteiger partial charge >= 0.3 is 0 Å². The van der Waals surface area contributed by atoms with Crippen LogP contribution in [0.5, 0.6) is 0 Å². The highest BCUT2D eigenvalue weighted by atomic mass is 35.5. The van der Waals surface area contributed by atoms with Gasteiger partial charge in [-0.05, 0) is 29.8 Å². The van der Waals surface area contributed by atoms with Crippen LogP contribution in [0.15, 0.2) is 59.1 Å². The molecule has 0 saturated carbocycles. The fourth-order valence-electron chi connectivity index (χ4n) is 2.21. The number of benzene rings is 2. The summed E-state index contributed by atoms with van der Waals surface area (Å²) in [6, 6.07) is 15.0. The molecule has 1 N–H and O–H groups in total. The number of rotatable bonds is 5. The van der Waals surface area contributed by atoms with E-state index in [9.17, 15) is 9.18 Å². The maximum Gasteiger partial charge on any atom is 0.226 e. The molecular weight excluding hydrogens is 331 g/mol. The van der Waals surface area contributed by atoms with E-state index < -0.39 is 5.82 Å². The molecule has 0 unspecified atom stereocenters. The van der Waals surface area contributed by atoms with Crippen LogP contribution >= 0.6 is 11.6 Å². The summed E-state index contributed by atoms with van der Waals surface area (Å²) in [4.78, 5) is 12.0. The van der Waals surface area contributed by atoms with Gasteiger partial charge in [-0.25, -0.2) is 4.39 Å². The van der Waals surface area contributed by atoms with Crippen LogP contribution in [-0.4, -0.2) is 11.1 Å². The van der Waals surface area contributed by atoms with Crippen molar-refractivity contribution < 1.29 is 13.7 Å². The van der Waals surface area contributed by atoms with E-state index in [1.165, 1.54) is 6.07 Å². The quantitative estimate of drug-likeness (QED) is 0.761. The first-order chi connectivity index (χ1) is 11.6. The van der Waals surface area contributed by atoms with Crippen LogP contribution in [0.3, 0.4) is 0 Å². The van der Waals surface area contributed by atoms with Crippen LogP contribution < -0.4 is 5.32 Å². The molecule has 0 aliphatic rings. The van der Waals surface area contributed by atoms with Crippen LogP contribution in [0.1, 0.15) is 11.3 Å². The van der Waals surface area contributed by atoms with Gasteiger partial charge in [0.15, 0.2) is 5.76 Å². The zero-order valence-corrected chi connectivity index (χ0v) is 13.4. The Morgan fingerprint density at radius 1 is 1.17 bits per heavy atom. The maximum atomic E-state index is 13.7. The minimum atomic E-state index is -0.396. The lowest BCUT2D eigenvalue weighted by molar-refractivity contribution is -0.120. The Bertz CT molecular complexity index is 846. The van der Waals surface area contributed by atoms with Gasteiger partial charge in [-0.15, -0.1) is 0 Å². The zero-order chi connectivity index (χ0) is 16.9. The van der Waals surface area contributed by atoms with Gasteiger partial charge in [0.2, 0.25) is 5.91 Å². The van der Waals surface area contributed by atoms with E-state index in [4.69, 9.17) is 16.1 Å². The number of aromatic nitrogens is 1. The molecule has 0 spiro atoms. The van der Waals surface area contributed by atoms with E-state index in [0.717, 1.165) is 5.56 Å². The van der Waals surface area contributed by atoms with Crippen LogP contribution in [0.4, 0.5) is 4.39 Å². The van der Waals surface area contributed by atoms with Gasteiger partial charge in [0.1, 0.15) is 5.82 Å². The second-order valence-electron chi connectivity index (χ2n) is 5.24. The van der Waals surface area contributed by atoms with Gasteiger partial charge < -0.3 is 9.84 Å². The molecule has 3 aromatic rings. The minimum absolute atomic E-state index is 0.0611. The average molecular weight is 345 g/mol. The van der Waals surface area contributed by atoms with Crippen molar-refractivity contribution in [1.82, 2.24) is 10.5 Å². The molecule has 122 valence electrons. The number of halogens is 2. The van der Waals surface area contributed by atoms with Gasteiger partial charge in [0.25, 0.3) is 0 Å². The summed E-state index contributed by atoms with van der Waals surface area (Å²) in [5.41, 5.74) is 1.71. The van der Waals surface area contributed by atoms with Crippen molar-refractivity contribution >= 4 is 17.5 Å². The highest BCUT2D eigenvalue weighted by Gasteiger charge is 2.13. The first-order valence-corrected chi connectivity index (χ1v) is 7.71. The van der Waals surface area contributed by atoms with E-state index in [-0.39, 0.29) is 12.3 Å². The molecule has 1 amide bonds. The zero-order valence-electron chi connectivity index (χ0n) is 12.6. The highest BCUT2D eigenvalue weighted by Crippen LogP contribution is 2.23. The van der Waals surface area contributed by atoms with Gasteiger partial charge in [-0.2, -0.15) is 0 Å². The Morgan fingerprint density at radius 2 is 1.92 bits per heavy atom. The monoisotopic (exact) mass is 344 g/mol. The van der Waals surface area contributed by atoms with Crippen molar-refractivity contribution in [2.75, 3.05) is 0 Å². The fraction of sp³-hybridized carbons (Fsp3) is 0.111. The predicted molar refractivity (Wildman–Crippen MR) is 88.9 cm³/mol. The molecule has 2 aromatic carbocycles. The number of nitrogens with zero attached hydrogens (tertiary/aromatic N) is 1. The summed E-state index contributed by atoms with van der Waals surface area (Å²) < 4.78 is 18.8. The van der Waals surface area contributed by atoms with Crippen molar-refractivity contribution in [2.45, 2.75) is 13.0 Å². The molecule has 0 aliphatic carbocycles. The van der Waals surface area contributed by atoms with Crippen LogP contribution in [0.25, 0.3) is 11.3 Å². The SMILES string of the molecule is O=C(Cc1cc(-c2ccccc2F)on1)NCc1ccc(Cl)cc1. The van der Waals surface area contributed by atoms with Crippen LogP contribution in [-0.2, 0) is 17.8 Å². The molecule has 0 radical (unpaired) electrons. The summed E-state index contributed by atoms with van der Waals surface area (Å²) in [6.45, 7) is 0.397. The summed E-state index contributed by atoms with van der Waals surface area (Å²) in [6.07, 6.45) is 0.0611. The largest absolute Gasteiger partial charge is 0.356 e. The Labute approximate surface area is 143 Å². The molecule has 6 heteroatoms. The fourth-order valence-corrected chi connectivity index (χ4v) is 2.34. The van der Waals surface area contributed by atoms with Gasteiger partial charge in [0.05, 0.1) is 17.7 Å². The lowest BCUT2D eigenvalue weighted by Crippen LogP contribution is -2.24. The molecule has 1 aromatic heterocycles. The van der Waals surface area contributed by atoms with E-state index in [0.29, 0.717) is 28.6 Å². The molecule has 0 aliphatic heterocycles. The molecule has 1 heterocycles. The summed E-state index contributed by atoms with van der Waals surface area (Å²) in [5.74, 6) is -0.292. The molecule has 4 nitrogen and oxygen atoms in total. The Morgan fingerprint density at radius 3 is 2.67 bits per heavy atom. The second kappa shape index (κ2) is 7.27. The third kappa shape index (κ3) is 4.00. The third-order valence-electron chi connectivity index (χ3n) is 3.44. The predicted octanol–water partition coefficient (Wildman–Crippen LogP) is 3.99. The first kappa shape index (κ1) is 16.2. The lowest BCUT2D eigenvalue weighted by Gasteiger charge is -2.04. The Balaban J connectivity index is 1.59. The first-order valence-electron chi connectivity index (χ1n) is 7.33. The highest BCUT2D eigenvalue weighted by molar-refractivity contribution is 6.30. The van der Waals surface area contributed by atoms with Gasteiger partial charge in [0, 0.05) is 17.6 Å². The van der Waals surface area contributed by atoms with Crippen LogP contribution in [0, 0.1) is 5.82 Å². The summed E-state index contributed by atoms with van der Waals surface area (Å²) in [5, 5.41) is 7.26. The molecule has 3 rings (SSSR count). The van der Waals surface area contributed by atoms with E-state index in [1.807, 2.05) is 12.1 Å². The van der Waals surface area contributed by atoms with E-state index in [1.54, 1.807) is 36.4 Å². The number of nitrogens with one attached hydrogen (secondary N) is 1. The maximum absolute atomic E-state index is 13.7. The van der Waals surface area contributed by atoms with Crippen molar-refractivity contribution in [1.29, 1.82) is 0 Å². The topological polar surface area (TPSA) is 55.1 Å². The molecular formula is C18H14ClFN2O2.